The molecule has 0 aliphatic rings. The van der Waals surface area contributed by atoms with E-state index in [1.165, 1.54) is 24.6 Å². The van der Waals surface area contributed by atoms with Gasteiger partial charge in [-0.05, 0) is 12.1 Å². The molecule has 0 aliphatic carbocycles. The average molecular weight is 200 g/mol. The first-order valence-electron chi connectivity index (χ1n) is 3.98. The zero-order chi connectivity index (χ0) is 10.7. The maximum absolute atomic E-state index is 10.1. The summed E-state index contributed by atoms with van der Waals surface area (Å²) < 4.78 is 0. The van der Waals surface area contributed by atoms with Crippen LogP contribution in [0.4, 0.5) is 11.4 Å². The van der Waals surface area contributed by atoms with E-state index >= 15 is 0 Å². The highest BCUT2D eigenvalue weighted by Gasteiger charge is 2.07. The van der Waals surface area contributed by atoms with Gasteiger partial charge in [-0.2, -0.15) is 9.98 Å². The standard InChI is InChI=1S/C9H4N4O2/c14-4-12-6-1-2-7(13-5-15)9-8(6)10-3-11-9/h1-3H,(H,10,11). The minimum absolute atomic E-state index is 0.381. The van der Waals surface area contributed by atoms with Gasteiger partial charge >= 0.3 is 0 Å². The van der Waals surface area contributed by atoms with Gasteiger partial charge in [-0.3, -0.25) is 0 Å². The predicted molar refractivity (Wildman–Crippen MR) is 51.7 cm³/mol. The van der Waals surface area contributed by atoms with Gasteiger partial charge in [0.2, 0.25) is 12.2 Å². The largest absolute Gasteiger partial charge is 0.343 e. The SMILES string of the molecule is O=C=Nc1ccc(N=C=O)c2[nH]cnc12. The molecule has 2 aromatic rings. The fourth-order valence-corrected chi connectivity index (χ4v) is 1.29. The van der Waals surface area contributed by atoms with E-state index in [2.05, 4.69) is 20.0 Å². The molecule has 0 aliphatic heterocycles. The van der Waals surface area contributed by atoms with Crippen molar-refractivity contribution in [2.45, 2.75) is 0 Å². The molecule has 6 heteroatoms. The van der Waals surface area contributed by atoms with Gasteiger partial charge in [-0.1, -0.05) is 0 Å². The maximum Gasteiger partial charge on any atom is 0.240 e. The number of fused-ring (bicyclic) bond motifs is 1. The Balaban J connectivity index is 2.81. The molecular weight excluding hydrogens is 196 g/mol. The first kappa shape index (κ1) is 9.02. The molecule has 0 amide bonds. The zero-order valence-electron chi connectivity index (χ0n) is 7.39. The monoisotopic (exact) mass is 200 g/mol. The highest BCUT2D eigenvalue weighted by Crippen LogP contribution is 2.30. The van der Waals surface area contributed by atoms with E-state index in [-0.39, 0.29) is 0 Å². The van der Waals surface area contributed by atoms with Gasteiger partial charge in [0, 0.05) is 0 Å². The Kier molecular flexibility index (Phi) is 2.21. The van der Waals surface area contributed by atoms with Crippen LogP contribution < -0.4 is 0 Å². The third-order valence-electron chi connectivity index (χ3n) is 1.87. The molecule has 0 fully saturated rings. The Bertz CT molecular complexity index is 552. The summed E-state index contributed by atoms with van der Waals surface area (Å²) in [7, 11) is 0. The lowest BCUT2D eigenvalue weighted by Gasteiger charge is -1.95. The first-order chi connectivity index (χ1) is 7.36. The number of aromatic nitrogens is 2. The lowest BCUT2D eigenvalue weighted by atomic mass is 10.2. The number of imidazole rings is 1. The number of hydrogen-bond donors (Lipinski definition) is 1. The number of nitrogens with one attached hydrogen (secondary N) is 1. The molecule has 1 aromatic carbocycles. The molecule has 1 aromatic heterocycles. The van der Waals surface area contributed by atoms with Crippen LogP contribution in [0.25, 0.3) is 11.0 Å². The van der Waals surface area contributed by atoms with E-state index < -0.39 is 0 Å². The Morgan fingerprint density at radius 1 is 1.13 bits per heavy atom. The fourth-order valence-electron chi connectivity index (χ4n) is 1.29. The number of H-pyrrole nitrogens is 1. The zero-order valence-corrected chi connectivity index (χ0v) is 7.39. The Labute approximate surface area is 83.4 Å². The van der Waals surface area contributed by atoms with Gasteiger partial charge in [0.1, 0.15) is 16.9 Å². The number of rotatable bonds is 2. The second kappa shape index (κ2) is 3.67. The van der Waals surface area contributed by atoms with E-state index in [0.29, 0.717) is 22.4 Å². The molecule has 0 saturated heterocycles. The normalized spacial score (nSPS) is 9.33. The van der Waals surface area contributed by atoms with Crippen molar-refractivity contribution in [3.63, 3.8) is 0 Å². The molecule has 15 heavy (non-hydrogen) atoms. The molecule has 0 atom stereocenters. The molecule has 1 N–H and O–H groups in total. The molecular formula is C9H4N4O2. The number of aliphatic imine (C=N–C) groups is 2. The van der Waals surface area contributed by atoms with Crippen molar-refractivity contribution in [3.8, 4) is 0 Å². The van der Waals surface area contributed by atoms with E-state index in [4.69, 9.17) is 0 Å². The van der Waals surface area contributed by atoms with Crippen LogP contribution in [0.1, 0.15) is 0 Å². The van der Waals surface area contributed by atoms with E-state index in [0.717, 1.165) is 0 Å². The smallest absolute Gasteiger partial charge is 0.240 e. The summed E-state index contributed by atoms with van der Waals surface area (Å²) in [6.07, 6.45) is 4.30. The topological polar surface area (TPSA) is 87.5 Å². The minimum Gasteiger partial charge on any atom is -0.343 e. The van der Waals surface area contributed by atoms with Crippen LogP contribution in [-0.2, 0) is 9.59 Å². The third-order valence-corrected chi connectivity index (χ3v) is 1.87. The van der Waals surface area contributed by atoms with Crippen molar-refractivity contribution in [1.29, 1.82) is 0 Å². The van der Waals surface area contributed by atoms with Crippen molar-refractivity contribution in [1.82, 2.24) is 9.97 Å². The van der Waals surface area contributed by atoms with Crippen LogP contribution in [0.3, 0.4) is 0 Å². The van der Waals surface area contributed by atoms with Gasteiger partial charge in [0.25, 0.3) is 0 Å². The van der Waals surface area contributed by atoms with Gasteiger partial charge in [-0.15, -0.1) is 0 Å². The fraction of sp³-hybridized carbons (Fsp3) is 0. The summed E-state index contributed by atoms with van der Waals surface area (Å²) in [5.41, 5.74) is 1.79. The van der Waals surface area contributed by atoms with Crippen LogP contribution in [0.5, 0.6) is 0 Å². The van der Waals surface area contributed by atoms with E-state index in [9.17, 15) is 9.59 Å². The third kappa shape index (κ3) is 1.46. The maximum atomic E-state index is 10.1. The van der Waals surface area contributed by atoms with Crippen LogP contribution in [0.15, 0.2) is 28.4 Å². The molecule has 0 unspecified atom stereocenters. The van der Waals surface area contributed by atoms with E-state index in [1.807, 2.05) is 0 Å². The summed E-state index contributed by atoms with van der Waals surface area (Å²) in [6, 6.07) is 3.08. The first-order valence-corrected chi connectivity index (χ1v) is 3.98. The number of carbonyl (C=O) groups excluding carboxylic acids is 2. The highest BCUT2D eigenvalue weighted by atomic mass is 16.1. The minimum atomic E-state index is 0.381. The Morgan fingerprint density at radius 2 is 1.80 bits per heavy atom. The summed E-state index contributed by atoms with van der Waals surface area (Å²) >= 11 is 0. The molecule has 0 radical (unpaired) electrons. The second-order valence-corrected chi connectivity index (χ2v) is 2.64. The van der Waals surface area contributed by atoms with Crippen molar-refractivity contribution >= 4 is 34.6 Å². The summed E-state index contributed by atoms with van der Waals surface area (Å²) in [4.78, 5) is 34.0. The van der Waals surface area contributed by atoms with Crippen LogP contribution >= 0.6 is 0 Å². The average Bonchev–Trinajstić information content (AvgIpc) is 2.71. The van der Waals surface area contributed by atoms with Gasteiger partial charge in [0.15, 0.2) is 0 Å². The molecule has 2 rings (SSSR count). The summed E-state index contributed by atoms with van der Waals surface area (Å²) in [6.45, 7) is 0. The van der Waals surface area contributed by atoms with Crippen LogP contribution in [-0.4, -0.2) is 22.1 Å². The predicted octanol–water partition coefficient (Wildman–Crippen LogP) is 1.50. The lowest BCUT2D eigenvalue weighted by molar-refractivity contribution is 0.564. The number of hydrogen-bond acceptors (Lipinski definition) is 5. The van der Waals surface area contributed by atoms with Crippen molar-refractivity contribution in [2.75, 3.05) is 0 Å². The second-order valence-electron chi connectivity index (χ2n) is 2.64. The molecule has 0 spiro atoms. The van der Waals surface area contributed by atoms with Crippen molar-refractivity contribution in [3.05, 3.63) is 18.5 Å². The number of isocyanates is 2. The number of aromatic amines is 1. The van der Waals surface area contributed by atoms with Crippen molar-refractivity contribution < 1.29 is 9.59 Å². The molecule has 0 bridgehead atoms. The van der Waals surface area contributed by atoms with Gasteiger partial charge in [0.05, 0.1) is 11.8 Å². The number of nitrogens with zero attached hydrogens (tertiary/aromatic N) is 3. The molecule has 0 saturated carbocycles. The van der Waals surface area contributed by atoms with Crippen LogP contribution in [0, 0.1) is 0 Å². The van der Waals surface area contributed by atoms with Gasteiger partial charge in [-0.25, -0.2) is 14.6 Å². The lowest BCUT2D eigenvalue weighted by Crippen LogP contribution is -1.73. The Morgan fingerprint density at radius 3 is 2.53 bits per heavy atom. The number of benzene rings is 1. The Hall–Kier alpha value is -2.55. The van der Waals surface area contributed by atoms with Gasteiger partial charge < -0.3 is 4.98 Å². The highest BCUT2D eigenvalue weighted by molar-refractivity contribution is 5.95. The van der Waals surface area contributed by atoms with E-state index in [1.54, 1.807) is 6.07 Å². The molecule has 72 valence electrons. The summed E-state index contributed by atoms with van der Waals surface area (Å²) in [5.74, 6) is 0. The van der Waals surface area contributed by atoms with Crippen molar-refractivity contribution in [2.24, 2.45) is 9.98 Å². The molecule has 1 heterocycles. The molecule has 6 nitrogen and oxygen atoms in total. The summed E-state index contributed by atoms with van der Waals surface area (Å²) in [5, 5.41) is 0. The quantitative estimate of drug-likeness (QED) is 0.588. The van der Waals surface area contributed by atoms with Crippen LogP contribution in [0.2, 0.25) is 0 Å².